The van der Waals surface area contributed by atoms with Crippen LogP contribution in [-0.2, 0) is 6.61 Å². The zero-order valence-electron chi connectivity index (χ0n) is 10.8. The molecule has 0 heterocycles. The van der Waals surface area contributed by atoms with E-state index in [9.17, 15) is 4.39 Å². The van der Waals surface area contributed by atoms with Gasteiger partial charge in [0.05, 0.1) is 0 Å². The highest BCUT2D eigenvalue weighted by molar-refractivity contribution is 7.80. The third-order valence-electron chi connectivity index (χ3n) is 2.86. The maximum absolute atomic E-state index is 13.2. The number of ether oxygens (including phenoxy) is 1. The fraction of sp³-hybridized carbons (Fsp3) is 0.133. The molecule has 2 aromatic rings. The molecule has 20 heavy (non-hydrogen) atoms. The van der Waals surface area contributed by atoms with Gasteiger partial charge in [-0.25, -0.2) is 4.39 Å². The summed E-state index contributed by atoms with van der Waals surface area (Å²) >= 11 is 10.8. The van der Waals surface area contributed by atoms with Gasteiger partial charge in [0.15, 0.2) is 0 Å². The Labute approximate surface area is 127 Å². The molecule has 2 nitrogen and oxygen atoms in total. The molecule has 0 aliphatic carbocycles. The predicted octanol–water partition coefficient (Wildman–Crippen LogP) is 4.00. The lowest BCUT2D eigenvalue weighted by molar-refractivity contribution is 0.304. The molecule has 2 N–H and O–H groups in total. The third-order valence-corrected chi connectivity index (χ3v) is 3.31. The van der Waals surface area contributed by atoms with Crippen LogP contribution < -0.4 is 10.5 Å². The summed E-state index contributed by atoms with van der Waals surface area (Å²) < 4.78 is 18.9. The quantitative estimate of drug-likeness (QED) is 0.867. The molecule has 5 heteroatoms. The van der Waals surface area contributed by atoms with Gasteiger partial charge in [-0.2, -0.15) is 0 Å². The summed E-state index contributed by atoms with van der Waals surface area (Å²) in [6.07, 6.45) is 0. The number of rotatable bonds is 4. The van der Waals surface area contributed by atoms with Gasteiger partial charge in [0.2, 0.25) is 0 Å². The summed E-state index contributed by atoms with van der Waals surface area (Å²) in [5.74, 6) is 0.340. The van der Waals surface area contributed by atoms with E-state index in [-0.39, 0.29) is 17.4 Å². The smallest absolute Gasteiger partial charge is 0.123 e. The number of hydrogen-bond donors (Lipinski definition) is 1. The fourth-order valence-electron chi connectivity index (χ4n) is 1.83. The van der Waals surface area contributed by atoms with Crippen molar-refractivity contribution in [1.82, 2.24) is 0 Å². The highest BCUT2D eigenvalue weighted by atomic mass is 35.5. The molecule has 0 atom stereocenters. The van der Waals surface area contributed by atoms with Crippen LogP contribution in [0.4, 0.5) is 4.39 Å². The molecule has 0 aliphatic heterocycles. The lowest BCUT2D eigenvalue weighted by atomic mass is 10.1. The van der Waals surface area contributed by atoms with Crippen LogP contribution >= 0.6 is 23.8 Å². The second kappa shape index (κ2) is 6.20. The summed E-state index contributed by atoms with van der Waals surface area (Å²) in [5, 5.41) is 0.653. The molecular weight excluding hydrogens is 297 g/mol. The van der Waals surface area contributed by atoms with Gasteiger partial charge in [-0.1, -0.05) is 29.9 Å². The van der Waals surface area contributed by atoms with Crippen molar-refractivity contribution >= 4 is 28.8 Å². The van der Waals surface area contributed by atoms with Crippen molar-refractivity contribution in [2.75, 3.05) is 0 Å². The first-order valence-corrected chi connectivity index (χ1v) is 6.73. The maximum atomic E-state index is 13.2. The minimum absolute atomic E-state index is 0.149. The van der Waals surface area contributed by atoms with E-state index in [4.69, 9.17) is 34.3 Å². The number of aryl methyl sites for hydroxylation is 1. The Balaban J connectivity index is 2.20. The average Bonchev–Trinajstić information content (AvgIpc) is 2.38. The van der Waals surface area contributed by atoms with Crippen LogP contribution in [0.1, 0.15) is 16.7 Å². The first kappa shape index (κ1) is 14.8. The molecular formula is C15H13ClFNOS. The van der Waals surface area contributed by atoms with Gasteiger partial charge in [0.25, 0.3) is 0 Å². The normalized spacial score (nSPS) is 10.3. The van der Waals surface area contributed by atoms with E-state index in [0.717, 1.165) is 11.1 Å². The van der Waals surface area contributed by atoms with E-state index in [1.807, 2.05) is 13.0 Å². The van der Waals surface area contributed by atoms with Gasteiger partial charge < -0.3 is 10.5 Å². The van der Waals surface area contributed by atoms with Gasteiger partial charge >= 0.3 is 0 Å². The number of benzene rings is 2. The van der Waals surface area contributed by atoms with E-state index < -0.39 is 0 Å². The predicted molar refractivity (Wildman–Crippen MR) is 82.8 cm³/mol. The third kappa shape index (κ3) is 3.46. The summed E-state index contributed by atoms with van der Waals surface area (Å²) in [6.45, 7) is 2.16. The number of halogens is 2. The Hall–Kier alpha value is -1.65. The Kier molecular flexibility index (Phi) is 4.57. The van der Waals surface area contributed by atoms with E-state index in [1.165, 1.54) is 12.1 Å². The zero-order valence-corrected chi connectivity index (χ0v) is 12.4. The first-order chi connectivity index (χ1) is 9.47. The van der Waals surface area contributed by atoms with Gasteiger partial charge in [-0.15, -0.1) is 0 Å². The highest BCUT2D eigenvalue weighted by Gasteiger charge is 2.08. The minimum Gasteiger partial charge on any atom is -0.489 e. The lowest BCUT2D eigenvalue weighted by Crippen LogP contribution is -2.14. The second-order valence-corrected chi connectivity index (χ2v) is 5.24. The Morgan fingerprint density at radius 3 is 2.70 bits per heavy atom. The number of nitrogens with two attached hydrogens (primary N) is 1. The summed E-state index contributed by atoms with van der Waals surface area (Å²) in [5.41, 5.74) is 7.76. The van der Waals surface area contributed by atoms with Crippen LogP contribution in [0.3, 0.4) is 0 Å². The Morgan fingerprint density at radius 2 is 2.05 bits per heavy atom. The van der Waals surface area contributed by atoms with Crippen LogP contribution in [0.5, 0.6) is 5.75 Å². The van der Waals surface area contributed by atoms with Crippen molar-refractivity contribution in [2.45, 2.75) is 13.5 Å². The second-order valence-electron chi connectivity index (χ2n) is 4.36. The van der Waals surface area contributed by atoms with Crippen molar-refractivity contribution in [2.24, 2.45) is 5.73 Å². The molecule has 0 bridgehead atoms. The van der Waals surface area contributed by atoms with E-state index >= 15 is 0 Å². The number of hydrogen-bond acceptors (Lipinski definition) is 2. The number of thiocarbonyl (C=S) groups is 1. The zero-order chi connectivity index (χ0) is 14.7. The molecule has 0 spiro atoms. The molecule has 104 valence electrons. The van der Waals surface area contributed by atoms with Crippen molar-refractivity contribution in [3.63, 3.8) is 0 Å². The van der Waals surface area contributed by atoms with Gasteiger partial charge in [0.1, 0.15) is 23.2 Å². The standard InChI is InChI=1S/C15H13ClFNOS/c1-9-6-11(16)3-5-14(9)19-8-10-2-4-12(17)7-13(10)15(18)20/h2-7H,8H2,1H3,(H2,18,20). The Morgan fingerprint density at radius 1 is 1.30 bits per heavy atom. The van der Waals surface area contributed by atoms with Gasteiger partial charge in [0, 0.05) is 10.6 Å². The molecule has 0 amide bonds. The average molecular weight is 310 g/mol. The van der Waals surface area contributed by atoms with Crippen molar-refractivity contribution < 1.29 is 9.13 Å². The van der Waals surface area contributed by atoms with Crippen molar-refractivity contribution in [3.05, 3.63) is 63.9 Å². The van der Waals surface area contributed by atoms with Crippen LogP contribution in [-0.4, -0.2) is 4.99 Å². The van der Waals surface area contributed by atoms with Crippen LogP contribution in [0.2, 0.25) is 5.02 Å². The van der Waals surface area contributed by atoms with Crippen LogP contribution in [0, 0.1) is 12.7 Å². The molecule has 0 radical (unpaired) electrons. The Bertz CT molecular complexity index is 660. The molecule has 0 aromatic heterocycles. The van der Waals surface area contributed by atoms with Crippen molar-refractivity contribution in [3.8, 4) is 5.75 Å². The molecule has 0 saturated heterocycles. The topological polar surface area (TPSA) is 35.2 Å². The van der Waals surface area contributed by atoms with Crippen LogP contribution in [0.15, 0.2) is 36.4 Å². The molecule has 0 aliphatic rings. The molecule has 2 rings (SSSR count). The molecule has 0 saturated carbocycles. The minimum atomic E-state index is -0.376. The van der Waals surface area contributed by atoms with E-state index in [1.54, 1.807) is 18.2 Å². The monoisotopic (exact) mass is 309 g/mol. The maximum Gasteiger partial charge on any atom is 0.123 e. The van der Waals surface area contributed by atoms with Gasteiger partial charge in [-0.3, -0.25) is 0 Å². The molecule has 2 aromatic carbocycles. The van der Waals surface area contributed by atoms with E-state index in [2.05, 4.69) is 0 Å². The van der Waals surface area contributed by atoms with Crippen molar-refractivity contribution in [1.29, 1.82) is 0 Å². The van der Waals surface area contributed by atoms with Crippen LogP contribution in [0.25, 0.3) is 0 Å². The highest BCUT2D eigenvalue weighted by Crippen LogP contribution is 2.23. The van der Waals surface area contributed by atoms with E-state index in [0.29, 0.717) is 16.3 Å². The fourth-order valence-corrected chi connectivity index (χ4v) is 2.25. The SMILES string of the molecule is Cc1cc(Cl)ccc1OCc1ccc(F)cc1C(N)=S. The summed E-state index contributed by atoms with van der Waals surface area (Å²) in [7, 11) is 0. The largest absolute Gasteiger partial charge is 0.489 e. The lowest BCUT2D eigenvalue weighted by Gasteiger charge is -2.12. The van der Waals surface area contributed by atoms with Gasteiger partial charge in [-0.05, 0) is 48.4 Å². The summed E-state index contributed by atoms with van der Waals surface area (Å²) in [6, 6.07) is 9.65. The molecule has 0 unspecified atom stereocenters. The first-order valence-electron chi connectivity index (χ1n) is 5.94. The summed E-state index contributed by atoms with van der Waals surface area (Å²) in [4.78, 5) is 0.149. The molecule has 0 fully saturated rings.